The summed E-state index contributed by atoms with van der Waals surface area (Å²) in [6, 6.07) is 0. The number of nitrogens with two attached hydrogens (primary N) is 1. The Hall–Kier alpha value is -0.600. The van der Waals surface area contributed by atoms with E-state index in [1.165, 1.54) is 5.57 Å². The summed E-state index contributed by atoms with van der Waals surface area (Å²) in [7, 11) is 0. The van der Waals surface area contributed by atoms with Crippen molar-refractivity contribution in [3.05, 3.63) is 23.8 Å². The molecule has 2 N–H and O–H groups in total. The molecular weight excluding hydrogens is 306 g/mol. The van der Waals surface area contributed by atoms with Gasteiger partial charge >= 0.3 is 0 Å². The smallest absolute Gasteiger partial charge is 0.172 e. The summed E-state index contributed by atoms with van der Waals surface area (Å²) in [5.74, 6) is -0.385. The van der Waals surface area contributed by atoms with Crippen molar-refractivity contribution < 1.29 is 9.47 Å². The van der Waals surface area contributed by atoms with E-state index in [2.05, 4.69) is 53.9 Å². The van der Waals surface area contributed by atoms with Crippen LogP contribution in [0.15, 0.2) is 23.8 Å². The number of hydrogen-bond donors (Lipinski definition) is 1. The van der Waals surface area contributed by atoms with Gasteiger partial charge in [0.25, 0.3) is 0 Å². The number of hydrogen-bond acceptors (Lipinski definition) is 3. The van der Waals surface area contributed by atoms with Crippen LogP contribution < -0.4 is 5.73 Å². The first kappa shape index (κ1) is 16.5. The van der Waals surface area contributed by atoms with Gasteiger partial charge in [0.1, 0.15) is 0 Å². The fraction of sp³-hybridized carbons (Fsp3) is 0.600. The zero-order chi connectivity index (χ0) is 14.4. The van der Waals surface area contributed by atoms with Crippen LogP contribution in [0.5, 0.6) is 0 Å². The lowest BCUT2D eigenvalue weighted by molar-refractivity contribution is -0.229. The van der Waals surface area contributed by atoms with Gasteiger partial charge in [0.05, 0.1) is 18.8 Å². The monoisotopic (exact) mass is 327 g/mol. The van der Waals surface area contributed by atoms with Gasteiger partial charge in [-0.3, -0.25) is 0 Å². The fourth-order valence-corrected chi connectivity index (χ4v) is 2.83. The summed E-state index contributed by atoms with van der Waals surface area (Å²) in [5, 5.41) is 0.849. The van der Waals surface area contributed by atoms with E-state index in [9.17, 15) is 0 Å². The zero-order valence-corrected chi connectivity index (χ0v) is 13.0. The molecule has 1 heterocycles. The van der Waals surface area contributed by atoms with Gasteiger partial charge in [0.2, 0.25) is 0 Å². The van der Waals surface area contributed by atoms with Gasteiger partial charge in [-0.15, -0.1) is 12.8 Å². The van der Waals surface area contributed by atoms with Gasteiger partial charge < -0.3 is 15.2 Å². The molecule has 1 saturated carbocycles. The maximum Gasteiger partial charge on any atom is 0.172 e. The molecule has 0 aromatic carbocycles. The van der Waals surface area contributed by atoms with E-state index in [0.717, 1.165) is 24.6 Å². The molecule has 0 radical (unpaired) electrons. The first-order valence-corrected chi connectivity index (χ1v) is 7.59. The van der Waals surface area contributed by atoms with Gasteiger partial charge in [-0.1, -0.05) is 41.1 Å². The Bertz CT molecular complexity index is 360. The quantitative estimate of drug-likeness (QED) is 0.490. The molecule has 106 valence electrons. The van der Waals surface area contributed by atoms with Crippen molar-refractivity contribution in [1.82, 2.24) is 0 Å². The van der Waals surface area contributed by atoms with Crippen LogP contribution in [0, 0.1) is 12.8 Å². The number of terminal acetylenes is 1. The number of ether oxygens (including phenoxy) is 2. The molecular formula is C15H22BrNO2. The maximum atomic E-state index is 6.43. The average Bonchev–Trinajstić information content (AvgIpc) is 2.85. The number of allylic oxidation sites excluding steroid dienone is 2. The van der Waals surface area contributed by atoms with E-state index < -0.39 is 0 Å². The molecule has 2 rings (SSSR count). The van der Waals surface area contributed by atoms with Crippen molar-refractivity contribution in [3.8, 4) is 12.8 Å². The van der Waals surface area contributed by atoms with Crippen molar-refractivity contribution >= 4 is 15.9 Å². The zero-order valence-electron chi connectivity index (χ0n) is 11.4. The van der Waals surface area contributed by atoms with Crippen molar-refractivity contribution in [1.29, 1.82) is 0 Å². The molecule has 1 saturated heterocycles. The van der Waals surface area contributed by atoms with E-state index in [4.69, 9.17) is 15.2 Å². The van der Waals surface area contributed by atoms with Crippen LogP contribution in [0.2, 0.25) is 0 Å². The van der Waals surface area contributed by atoms with Crippen molar-refractivity contribution in [2.45, 2.75) is 37.5 Å². The normalized spacial score (nSPS) is 23.9. The highest BCUT2D eigenvalue weighted by Crippen LogP contribution is 2.49. The maximum absolute atomic E-state index is 6.43. The molecule has 3 nitrogen and oxygen atoms in total. The largest absolute Gasteiger partial charge is 0.347 e. The Morgan fingerprint density at radius 1 is 1.32 bits per heavy atom. The molecule has 0 unspecified atom stereocenters. The van der Waals surface area contributed by atoms with Crippen LogP contribution in [-0.4, -0.2) is 29.9 Å². The first-order valence-electron chi connectivity index (χ1n) is 6.47. The average molecular weight is 328 g/mol. The highest BCUT2D eigenvalue weighted by molar-refractivity contribution is 9.09. The summed E-state index contributed by atoms with van der Waals surface area (Å²) >= 11 is 3.39. The predicted octanol–water partition coefficient (Wildman–Crippen LogP) is 2.76. The molecule has 1 aliphatic heterocycles. The molecule has 1 aliphatic carbocycles. The van der Waals surface area contributed by atoms with Crippen LogP contribution in [0.25, 0.3) is 0 Å². The highest BCUT2D eigenvalue weighted by atomic mass is 79.9. The van der Waals surface area contributed by atoms with E-state index in [1.54, 1.807) is 0 Å². The van der Waals surface area contributed by atoms with Crippen LogP contribution in [0.4, 0.5) is 0 Å². The van der Waals surface area contributed by atoms with Crippen molar-refractivity contribution in [2.24, 2.45) is 5.73 Å². The Labute approximate surface area is 124 Å². The summed E-state index contributed by atoms with van der Waals surface area (Å²) < 4.78 is 11.3. The molecule has 0 bridgehead atoms. The highest BCUT2D eigenvalue weighted by Gasteiger charge is 2.57. The molecule has 4 heteroatoms. The molecule has 0 atom stereocenters. The minimum atomic E-state index is -0.385. The van der Waals surface area contributed by atoms with Crippen LogP contribution in [-0.2, 0) is 9.47 Å². The third-order valence-corrected chi connectivity index (χ3v) is 3.74. The van der Waals surface area contributed by atoms with Gasteiger partial charge in [-0.05, 0) is 12.0 Å². The Balaban J connectivity index is 0.000000861. The Morgan fingerprint density at radius 2 is 1.89 bits per heavy atom. The van der Waals surface area contributed by atoms with Gasteiger partial charge in [-0.2, -0.15) is 0 Å². The summed E-state index contributed by atoms with van der Waals surface area (Å²) in [6.07, 6.45) is 16.9. The van der Waals surface area contributed by atoms with Gasteiger partial charge in [0.15, 0.2) is 5.79 Å². The van der Waals surface area contributed by atoms with E-state index in [1.807, 2.05) is 0 Å². The topological polar surface area (TPSA) is 44.5 Å². The Kier molecular flexibility index (Phi) is 6.28. The van der Waals surface area contributed by atoms with E-state index in [-0.39, 0.29) is 11.3 Å². The molecule has 0 amide bonds. The van der Waals surface area contributed by atoms with E-state index in [0.29, 0.717) is 13.2 Å². The standard InChI is InChI=1S/C13H20BrNO2.C2H2/c1-2-4-11(5-3-6-14)12(15)9-13(10-12)16-7-8-17-13;1-2/h3-5H,2,6-10,15H2,1H3;1-2H/b5-3-,11-4+;. The lowest BCUT2D eigenvalue weighted by Crippen LogP contribution is -2.63. The lowest BCUT2D eigenvalue weighted by atomic mass is 9.67. The second-order valence-corrected chi connectivity index (χ2v) is 5.39. The number of rotatable bonds is 4. The molecule has 1 spiro atoms. The molecule has 0 aromatic heterocycles. The lowest BCUT2D eigenvalue weighted by Gasteiger charge is -2.51. The van der Waals surface area contributed by atoms with Crippen LogP contribution in [0.1, 0.15) is 26.2 Å². The fourth-order valence-electron chi connectivity index (χ4n) is 2.64. The molecule has 2 aliphatic rings. The predicted molar refractivity (Wildman–Crippen MR) is 82.0 cm³/mol. The van der Waals surface area contributed by atoms with Crippen molar-refractivity contribution in [3.63, 3.8) is 0 Å². The van der Waals surface area contributed by atoms with Crippen LogP contribution >= 0.6 is 15.9 Å². The Morgan fingerprint density at radius 3 is 2.37 bits per heavy atom. The molecule has 0 aromatic rings. The number of alkyl halides is 1. The van der Waals surface area contributed by atoms with Crippen LogP contribution in [0.3, 0.4) is 0 Å². The van der Waals surface area contributed by atoms with Gasteiger partial charge in [-0.25, -0.2) is 0 Å². The second kappa shape index (κ2) is 7.25. The summed E-state index contributed by atoms with van der Waals surface area (Å²) in [6.45, 7) is 3.52. The minimum Gasteiger partial charge on any atom is -0.347 e. The summed E-state index contributed by atoms with van der Waals surface area (Å²) in [4.78, 5) is 0. The second-order valence-electron chi connectivity index (χ2n) is 4.74. The van der Waals surface area contributed by atoms with E-state index >= 15 is 0 Å². The van der Waals surface area contributed by atoms with Crippen molar-refractivity contribution in [2.75, 3.05) is 18.5 Å². The summed E-state index contributed by atoms with van der Waals surface area (Å²) in [5.41, 5.74) is 7.35. The first-order chi connectivity index (χ1) is 9.14. The third kappa shape index (κ3) is 3.70. The van der Waals surface area contributed by atoms with Gasteiger partial charge in [0, 0.05) is 18.2 Å². The molecule has 2 fully saturated rings. The third-order valence-electron chi connectivity index (χ3n) is 3.37. The number of halogens is 1. The SMILES string of the molecule is C#C.CC/C=C(\C=C/CBr)C1(N)CC2(C1)OCCO2. The molecule has 19 heavy (non-hydrogen) atoms. The minimum absolute atomic E-state index is 0.279.